The summed E-state index contributed by atoms with van der Waals surface area (Å²) in [4.78, 5) is 23.4. The highest BCUT2D eigenvalue weighted by atomic mass is 35.5. The molecule has 1 aromatic carbocycles. The molecule has 116 valence electrons. The number of carbonyl (C=O) groups is 2. The minimum Gasteiger partial charge on any atom is -0.479 e. The van der Waals surface area contributed by atoms with Crippen LogP contribution < -0.4 is 15.6 Å². The van der Waals surface area contributed by atoms with Crippen LogP contribution in [0.5, 0.6) is 5.75 Å². The van der Waals surface area contributed by atoms with E-state index in [4.69, 9.17) is 27.9 Å². The number of aromatic amines is 1. The first-order valence-corrected chi connectivity index (χ1v) is 6.81. The molecule has 2 rings (SSSR count). The van der Waals surface area contributed by atoms with Crippen LogP contribution in [0.15, 0.2) is 24.4 Å². The average molecular weight is 344 g/mol. The summed E-state index contributed by atoms with van der Waals surface area (Å²) < 4.78 is 5.40. The zero-order valence-corrected chi connectivity index (χ0v) is 12.8. The van der Waals surface area contributed by atoms with Crippen LogP contribution in [0, 0.1) is 0 Å². The number of nitrogens with one attached hydrogen (secondary N) is 3. The van der Waals surface area contributed by atoms with Crippen molar-refractivity contribution in [1.82, 2.24) is 26.3 Å². The predicted octanol–water partition coefficient (Wildman–Crippen LogP) is 1.34. The van der Waals surface area contributed by atoms with E-state index in [1.54, 1.807) is 18.2 Å². The van der Waals surface area contributed by atoms with Gasteiger partial charge in [-0.1, -0.05) is 29.3 Å². The Morgan fingerprint density at radius 3 is 2.77 bits per heavy atom. The number of nitrogens with zero attached hydrogens (tertiary/aromatic N) is 2. The van der Waals surface area contributed by atoms with Gasteiger partial charge in [0.2, 0.25) is 0 Å². The predicted molar refractivity (Wildman–Crippen MR) is 78.5 cm³/mol. The van der Waals surface area contributed by atoms with E-state index < -0.39 is 17.9 Å². The molecule has 0 bridgehead atoms. The van der Waals surface area contributed by atoms with E-state index in [9.17, 15) is 9.59 Å². The van der Waals surface area contributed by atoms with Crippen LogP contribution in [0.2, 0.25) is 10.0 Å². The first-order valence-electron chi connectivity index (χ1n) is 6.05. The molecule has 0 spiro atoms. The van der Waals surface area contributed by atoms with E-state index in [-0.39, 0.29) is 16.5 Å². The molecule has 3 N–H and O–H groups in total. The molecule has 0 aliphatic heterocycles. The minimum absolute atomic E-state index is 0.0340. The van der Waals surface area contributed by atoms with Gasteiger partial charge >= 0.3 is 0 Å². The van der Waals surface area contributed by atoms with Gasteiger partial charge in [-0.25, -0.2) is 0 Å². The fourth-order valence-electron chi connectivity index (χ4n) is 1.41. The molecular formula is C12H11Cl2N5O3. The Balaban J connectivity index is 1.89. The third-order valence-electron chi connectivity index (χ3n) is 2.54. The van der Waals surface area contributed by atoms with Gasteiger partial charge in [0.1, 0.15) is 10.8 Å². The van der Waals surface area contributed by atoms with Gasteiger partial charge in [-0.15, -0.1) is 0 Å². The first-order chi connectivity index (χ1) is 10.5. The van der Waals surface area contributed by atoms with Gasteiger partial charge < -0.3 is 4.74 Å². The summed E-state index contributed by atoms with van der Waals surface area (Å²) in [5.74, 6) is -0.928. The third-order valence-corrected chi connectivity index (χ3v) is 3.34. The highest BCUT2D eigenvalue weighted by Crippen LogP contribution is 2.31. The molecule has 8 nitrogen and oxygen atoms in total. The van der Waals surface area contributed by atoms with Gasteiger partial charge in [0, 0.05) is 0 Å². The molecule has 1 heterocycles. The number of rotatable bonds is 4. The Kier molecular flexibility index (Phi) is 5.18. The second kappa shape index (κ2) is 7.10. The SMILES string of the molecule is C[C@H](Oc1cccc(Cl)c1Cl)C(=O)NNC(=O)c1cn[nH]n1. The van der Waals surface area contributed by atoms with Gasteiger partial charge in [0.05, 0.1) is 11.2 Å². The van der Waals surface area contributed by atoms with Gasteiger partial charge in [-0.05, 0) is 19.1 Å². The van der Waals surface area contributed by atoms with Gasteiger partial charge in [0.15, 0.2) is 11.8 Å². The first kappa shape index (κ1) is 16.1. The van der Waals surface area contributed by atoms with Crippen molar-refractivity contribution in [3.05, 3.63) is 40.1 Å². The Labute approximate surface area is 135 Å². The van der Waals surface area contributed by atoms with Crippen molar-refractivity contribution in [2.45, 2.75) is 13.0 Å². The fraction of sp³-hybridized carbons (Fsp3) is 0.167. The van der Waals surface area contributed by atoms with Crippen molar-refractivity contribution in [3.8, 4) is 5.75 Å². The van der Waals surface area contributed by atoms with Crippen LogP contribution in [-0.4, -0.2) is 33.3 Å². The number of amides is 2. The largest absolute Gasteiger partial charge is 0.479 e. The lowest BCUT2D eigenvalue weighted by molar-refractivity contribution is -0.128. The van der Waals surface area contributed by atoms with Crippen molar-refractivity contribution < 1.29 is 14.3 Å². The van der Waals surface area contributed by atoms with E-state index in [1.165, 1.54) is 13.1 Å². The topological polar surface area (TPSA) is 109 Å². The maximum absolute atomic E-state index is 11.8. The summed E-state index contributed by atoms with van der Waals surface area (Å²) in [7, 11) is 0. The second-order valence-corrected chi connectivity index (χ2v) is 4.90. The highest BCUT2D eigenvalue weighted by molar-refractivity contribution is 6.42. The van der Waals surface area contributed by atoms with E-state index in [0.717, 1.165) is 0 Å². The smallest absolute Gasteiger partial charge is 0.291 e. The number of halogens is 2. The Morgan fingerprint density at radius 2 is 2.09 bits per heavy atom. The molecule has 0 radical (unpaired) electrons. The van der Waals surface area contributed by atoms with Gasteiger partial charge in [-0.3, -0.25) is 20.4 Å². The van der Waals surface area contributed by atoms with Crippen molar-refractivity contribution in [2.75, 3.05) is 0 Å². The van der Waals surface area contributed by atoms with Crippen molar-refractivity contribution >= 4 is 35.0 Å². The van der Waals surface area contributed by atoms with Crippen LogP contribution >= 0.6 is 23.2 Å². The summed E-state index contributed by atoms with van der Waals surface area (Å²) in [6.45, 7) is 1.49. The Hall–Kier alpha value is -2.32. The molecular weight excluding hydrogens is 333 g/mol. The number of hydrazine groups is 1. The standard InChI is InChI=1S/C12H11Cl2N5O3/c1-6(22-9-4-2-3-7(13)10(9)14)11(20)17-18-12(21)8-5-15-19-16-8/h2-6H,1H3,(H,17,20)(H,18,21)(H,15,16,19)/t6-/m0/s1. The lowest BCUT2D eigenvalue weighted by Gasteiger charge is -2.16. The van der Waals surface area contributed by atoms with Crippen LogP contribution in [0.1, 0.15) is 17.4 Å². The van der Waals surface area contributed by atoms with Crippen LogP contribution in [0.4, 0.5) is 0 Å². The Bertz CT molecular complexity index is 677. The molecule has 1 aromatic heterocycles. The number of H-pyrrole nitrogens is 1. The summed E-state index contributed by atoms with van der Waals surface area (Å²) >= 11 is 11.8. The molecule has 0 aliphatic carbocycles. The normalized spacial score (nSPS) is 11.6. The Morgan fingerprint density at radius 1 is 1.32 bits per heavy atom. The van der Waals surface area contributed by atoms with Gasteiger partial charge in [0.25, 0.3) is 11.8 Å². The maximum Gasteiger partial charge on any atom is 0.291 e. The fourth-order valence-corrected chi connectivity index (χ4v) is 1.75. The molecule has 0 saturated carbocycles. The molecule has 1 atom stereocenters. The van der Waals surface area contributed by atoms with Crippen molar-refractivity contribution in [2.24, 2.45) is 0 Å². The highest BCUT2D eigenvalue weighted by Gasteiger charge is 2.18. The minimum atomic E-state index is -0.909. The molecule has 0 fully saturated rings. The number of hydrogen-bond donors (Lipinski definition) is 3. The summed E-state index contributed by atoms with van der Waals surface area (Å²) in [6, 6.07) is 4.81. The monoisotopic (exact) mass is 343 g/mol. The molecule has 10 heteroatoms. The number of benzene rings is 1. The second-order valence-electron chi connectivity index (χ2n) is 4.11. The van der Waals surface area contributed by atoms with Crippen LogP contribution in [-0.2, 0) is 4.79 Å². The number of carbonyl (C=O) groups excluding carboxylic acids is 2. The quantitative estimate of drug-likeness (QED) is 0.725. The summed E-state index contributed by atoms with van der Waals surface area (Å²) in [5.41, 5.74) is 4.42. The zero-order chi connectivity index (χ0) is 16.1. The average Bonchev–Trinajstić information content (AvgIpc) is 3.03. The molecule has 2 aromatic rings. The summed E-state index contributed by atoms with van der Waals surface area (Å²) in [6.07, 6.45) is 0.307. The zero-order valence-electron chi connectivity index (χ0n) is 11.3. The lowest BCUT2D eigenvalue weighted by atomic mass is 10.3. The molecule has 0 unspecified atom stereocenters. The third kappa shape index (κ3) is 3.86. The number of hydrogen-bond acceptors (Lipinski definition) is 5. The van der Waals surface area contributed by atoms with E-state index in [0.29, 0.717) is 5.02 Å². The van der Waals surface area contributed by atoms with Crippen LogP contribution in [0.25, 0.3) is 0 Å². The van der Waals surface area contributed by atoms with Crippen LogP contribution in [0.3, 0.4) is 0 Å². The van der Waals surface area contributed by atoms with Gasteiger partial charge in [-0.2, -0.15) is 15.4 Å². The maximum atomic E-state index is 11.8. The molecule has 22 heavy (non-hydrogen) atoms. The van der Waals surface area contributed by atoms with E-state index in [2.05, 4.69) is 26.3 Å². The van der Waals surface area contributed by atoms with E-state index >= 15 is 0 Å². The van der Waals surface area contributed by atoms with E-state index in [1.807, 2.05) is 0 Å². The summed E-state index contributed by atoms with van der Waals surface area (Å²) in [5, 5.41) is 9.84. The van der Waals surface area contributed by atoms with Crippen molar-refractivity contribution in [3.63, 3.8) is 0 Å². The molecule has 2 amide bonds. The number of ether oxygens (including phenoxy) is 1. The lowest BCUT2D eigenvalue weighted by Crippen LogP contribution is -2.47. The molecule has 0 aliphatic rings. The molecule has 0 saturated heterocycles. The number of aromatic nitrogens is 3. The van der Waals surface area contributed by atoms with Crippen molar-refractivity contribution in [1.29, 1.82) is 0 Å².